The van der Waals surface area contributed by atoms with Crippen molar-refractivity contribution in [3.05, 3.63) is 34.9 Å². The first-order valence-electron chi connectivity index (χ1n) is 5.55. The van der Waals surface area contributed by atoms with Gasteiger partial charge in [-0.3, -0.25) is 4.79 Å². The van der Waals surface area contributed by atoms with Gasteiger partial charge >= 0.3 is 0 Å². The number of hydrogen-bond acceptors (Lipinski definition) is 3. The van der Waals surface area contributed by atoms with E-state index in [0.717, 1.165) is 4.90 Å². The zero-order valence-electron chi connectivity index (χ0n) is 10.8. The average molecular weight is 295 g/mol. The van der Waals surface area contributed by atoms with Crippen LogP contribution in [0.5, 0.6) is 0 Å². The normalized spacial score (nSPS) is 12.3. The number of hydrogen-bond donors (Lipinski definition) is 1. The average Bonchev–Trinajstić information content (AvgIpc) is 2.39. The molecule has 1 atom stereocenters. The Kier molecular flexibility index (Phi) is 5.46. The maximum absolute atomic E-state index is 13.4. The van der Waals surface area contributed by atoms with Gasteiger partial charge < -0.3 is 14.7 Å². The van der Waals surface area contributed by atoms with Crippen molar-refractivity contribution in [1.82, 2.24) is 4.90 Å². The molecule has 8 heteroatoms. The van der Waals surface area contributed by atoms with Gasteiger partial charge in [0.15, 0.2) is 23.3 Å². The van der Waals surface area contributed by atoms with Crippen LogP contribution in [0.3, 0.4) is 0 Å². The molecule has 0 bridgehead atoms. The summed E-state index contributed by atoms with van der Waals surface area (Å²) in [5.74, 6) is -8.57. The lowest BCUT2D eigenvalue weighted by molar-refractivity contribution is 0.0377. The summed E-state index contributed by atoms with van der Waals surface area (Å²) in [4.78, 5) is 12.6. The molecule has 0 aliphatic heterocycles. The number of amides is 1. The van der Waals surface area contributed by atoms with E-state index in [1.165, 1.54) is 14.2 Å². The molecule has 20 heavy (non-hydrogen) atoms. The van der Waals surface area contributed by atoms with Gasteiger partial charge in [0.25, 0.3) is 5.91 Å². The minimum absolute atomic E-state index is 0.0771. The number of ether oxygens (including phenoxy) is 1. The lowest BCUT2D eigenvalue weighted by atomic mass is 10.1. The summed E-state index contributed by atoms with van der Waals surface area (Å²) in [6.07, 6.45) is -1.05. The van der Waals surface area contributed by atoms with E-state index in [2.05, 4.69) is 4.74 Å². The Balaban J connectivity index is 2.98. The fourth-order valence-corrected chi connectivity index (χ4v) is 1.58. The molecule has 0 aromatic heterocycles. The van der Waals surface area contributed by atoms with Gasteiger partial charge in [0.2, 0.25) is 0 Å². The van der Waals surface area contributed by atoms with Gasteiger partial charge in [0, 0.05) is 20.7 Å². The maximum Gasteiger partial charge on any atom is 0.256 e. The van der Waals surface area contributed by atoms with Gasteiger partial charge in [0.1, 0.15) is 0 Å². The Bertz CT molecular complexity index is 510. The van der Waals surface area contributed by atoms with Gasteiger partial charge in [-0.1, -0.05) is 0 Å². The van der Waals surface area contributed by atoms with Crippen LogP contribution in [-0.2, 0) is 4.74 Å². The zero-order chi connectivity index (χ0) is 15.4. The van der Waals surface area contributed by atoms with Crippen LogP contribution >= 0.6 is 0 Å². The Morgan fingerprint density at radius 3 is 2.45 bits per heavy atom. The van der Waals surface area contributed by atoms with Crippen molar-refractivity contribution in [2.24, 2.45) is 0 Å². The van der Waals surface area contributed by atoms with Crippen LogP contribution in [0.4, 0.5) is 17.6 Å². The molecular weight excluding hydrogens is 282 g/mol. The van der Waals surface area contributed by atoms with E-state index in [-0.39, 0.29) is 19.2 Å². The van der Waals surface area contributed by atoms with Crippen molar-refractivity contribution < 1.29 is 32.2 Å². The molecule has 1 rings (SSSR count). The number of methoxy groups -OCH3 is 1. The second kappa shape index (κ2) is 6.67. The SMILES string of the molecule is COCC(O)CN(C)C(=O)c1cc(F)c(F)c(F)c1F. The minimum atomic E-state index is -2.06. The van der Waals surface area contributed by atoms with Crippen LogP contribution in [0.2, 0.25) is 0 Å². The fourth-order valence-electron chi connectivity index (χ4n) is 1.58. The van der Waals surface area contributed by atoms with E-state index in [4.69, 9.17) is 0 Å². The van der Waals surface area contributed by atoms with E-state index < -0.39 is 40.8 Å². The Hall–Kier alpha value is -1.67. The van der Waals surface area contributed by atoms with Crippen LogP contribution in [0.25, 0.3) is 0 Å². The number of nitrogens with zero attached hydrogens (tertiary/aromatic N) is 1. The van der Waals surface area contributed by atoms with Crippen molar-refractivity contribution in [2.75, 3.05) is 27.3 Å². The highest BCUT2D eigenvalue weighted by Gasteiger charge is 2.25. The third-order valence-electron chi connectivity index (χ3n) is 2.52. The first-order valence-corrected chi connectivity index (χ1v) is 5.55. The highest BCUT2D eigenvalue weighted by Crippen LogP contribution is 2.19. The summed E-state index contributed by atoms with van der Waals surface area (Å²) in [6.45, 7) is -0.320. The lowest BCUT2D eigenvalue weighted by Gasteiger charge is -2.20. The molecule has 1 aromatic carbocycles. The predicted octanol–water partition coefficient (Wildman–Crippen LogP) is 1.32. The van der Waals surface area contributed by atoms with Gasteiger partial charge in [-0.15, -0.1) is 0 Å². The Labute approximate surface area is 112 Å². The molecule has 0 saturated heterocycles. The Morgan fingerprint density at radius 2 is 1.90 bits per heavy atom. The van der Waals surface area contributed by atoms with Gasteiger partial charge in [-0.05, 0) is 6.07 Å². The van der Waals surface area contributed by atoms with Gasteiger partial charge in [-0.25, -0.2) is 17.6 Å². The number of halogens is 4. The first-order chi connectivity index (χ1) is 9.29. The van der Waals surface area contributed by atoms with E-state index in [0.29, 0.717) is 0 Å². The molecule has 0 radical (unpaired) electrons. The van der Waals surface area contributed by atoms with Crippen LogP contribution in [0.15, 0.2) is 6.07 Å². The summed E-state index contributed by atoms with van der Waals surface area (Å²) in [6, 6.07) is 0.273. The number of aliphatic hydroxyl groups excluding tert-OH is 1. The molecule has 1 aromatic rings. The highest BCUT2D eigenvalue weighted by molar-refractivity contribution is 5.94. The first kappa shape index (κ1) is 16.4. The number of likely N-dealkylation sites (N-methyl/N-ethyl adjacent to an activating group) is 1. The smallest absolute Gasteiger partial charge is 0.256 e. The van der Waals surface area contributed by atoms with Crippen molar-refractivity contribution >= 4 is 5.91 Å². The van der Waals surface area contributed by atoms with Crippen LogP contribution in [-0.4, -0.2) is 49.3 Å². The molecule has 0 spiro atoms. The molecule has 1 N–H and O–H groups in total. The largest absolute Gasteiger partial charge is 0.389 e. The quantitative estimate of drug-likeness (QED) is 0.506. The summed E-state index contributed by atoms with van der Waals surface area (Å²) in [5.41, 5.74) is -0.950. The highest BCUT2D eigenvalue weighted by atomic mass is 19.2. The molecule has 1 unspecified atom stereocenters. The predicted molar refractivity (Wildman–Crippen MR) is 61.1 cm³/mol. The number of rotatable bonds is 5. The molecule has 0 saturated carbocycles. The van der Waals surface area contributed by atoms with Crippen molar-refractivity contribution in [2.45, 2.75) is 6.10 Å². The van der Waals surface area contributed by atoms with Gasteiger partial charge in [0.05, 0.1) is 18.3 Å². The lowest BCUT2D eigenvalue weighted by Crippen LogP contribution is -2.36. The number of benzene rings is 1. The second-order valence-corrected chi connectivity index (χ2v) is 4.14. The summed E-state index contributed by atoms with van der Waals surface area (Å²) < 4.78 is 56.9. The molecule has 4 nitrogen and oxygen atoms in total. The van der Waals surface area contributed by atoms with E-state index in [1.54, 1.807) is 0 Å². The fraction of sp³-hybridized carbons (Fsp3) is 0.417. The van der Waals surface area contributed by atoms with Crippen molar-refractivity contribution in [1.29, 1.82) is 0 Å². The number of carbonyl (C=O) groups is 1. The minimum Gasteiger partial charge on any atom is -0.389 e. The zero-order valence-corrected chi connectivity index (χ0v) is 10.8. The third-order valence-corrected chi connectivity index (χ3v) is 2.52. The van der Waals surface area contributed by atoms with Gasteiger partial charge in [-0.2, -0.15) is 0 Å². The number of aliphatic hydroxyl groups is 1. The Morgan fingerprint density at radius 1 is 1.30 bits per heavy atom. The topological polar surface area (TPSA) is 49.8 Å². The number of carbonyl (C=O) groups excluding carboxylic acids is 1. The summed E-state index contributed by atoms with van der Waals surface area (Å²) in [5, 5.41) is 9.42. The molecular formula is C12H13F4NO3. The molecule has 1 amide bonds. The van der Waals surface area contributed by atoms with E-state index in [9.17, 15) is 27.5 Å². The molecule has 0 fully saturated rings. The molecule has 0 aliphatic carbocycles. The van der Waals surface area contributed by atoms with Crippen LogP contribution in [0, 0.1) is 23.3 Å². The maximum atomic E-state index is 13.4. The summed E-state index contributed by atoms with van der Waals surface area (Å²) >= 11 is 0. The summed E-state index contributed by atoms with van der Waals surface area (Å²) in [7, 11) is 2.52. The molecule has 0 aliphatic rings. The second-order valence-electron chi connectivity index (χ2n) is 4.14. The monoisotopic (exact) mass is 295 g/mol. The standard InChI is InChI=1S/C12H13F4NO3/c1-17(4-6(18)5-20-2)12(19)7-3-8(13)10(15)11(16)9(7)14/h3,6,18H,4-5H2,1-2H3. The van der Waals surface area contributed by atoms with Crippen molar-refractivity contribution in [3.63, 3.8) is 0 Å². The molecule has 112 valence electrons. The van der Waals surface area contributed by atoms with Crippen molar-refractivity contribution in [3.8, 4) is 0 Å². The van der Waals surface area contributed by atoms with Crippen LogP contribution in [0.1, 0.15) is 10.4 Å². The van der Waals surface area contributed by atoms with Crippen LogP contribution < -0.4 is 0 Å². The third kappa shape index (κ3) is 3.45. The molecule has 0 heterocycles. The van der Waals surface area contributed by atoms with E-state index in [1.807, 2.05) is 0 Å². The van der Waals surface area contributed by atoms with E-state index >= 15 is 0 Å².